The van der Waals surface area contributed by atoms with Gasteiger partial charge in [0.05, 0.1) is 0 Å². The Bertz CT molecular complexity index is 646. The van der Waals surface area contributed by atoms with E-state index >= 15 is 0 Å². The molecule has 1 aliphatic heterocycles. The van der Waals surface area contributed by atoms with Gasteiger partial charge in [-0.05, 0) is 50.9 Å². The van der Waals surface area contributed by atoms with Crippen molar-refractivity contribution in [1.82, 2.24) is 9.80 Å². The molecular weight excluding hydrogens is 314 g/mol. The zero-order chi connectivity index (χ0) is 18.0. The molecule has 0 bridgehead atoms. The molecule has 2 aliphatic rings. The smallest absolute Gasteiger partial charge is 0.242 e. The van der Waals surface area contributed by atoms with Crippen LogP contribution in [0.2, 0.25) is 0 Å². The maximum Gasteiger partial charge on any atom is 0.242 e. The van der Waals surface area contributed by atoms with Crippen LogP contribution in [0.3, 0.4) is 0 Å². The Hall–Kier alpha value is -1.88. The topological polar surface area (TPSA) is 43.9 Å². The van der Waals surface area contributed by atoms with Crippen LogP contribution in [0.25, 0.3) is 0 Å². The Morgan fingerprint density at radius 3 is 2.32 bits per heavy atom. The molecular formula is C20H29N3O2. The van der Waals surface area contributed by atoms with Crippen LogP contribution in [0.4, 0.5) is 5.69 Å². The Balaban J connectivity index is 1.75. The minimum Gasteiger partial charge on any atom is -0.339 e. The fraction of sp³-hybridized carbons (Fsp3) is 0.600. The average Bonchev–Trinajstić information content (AvgIpc) is 3.44. The summed E-state index contributed by atoms with van der Waals surface area (Å²) in [6.45, 7) is 11.0. The number of anilines is 1. The molecule has 1 saturated carbocycles. The number of benzene rings is 1. The van der Waals surface area contributed by atoms with E-state index < -0.39 is 5.41 Å². The van der Waals surface area contributed by atoms with Gasteiger partial charge in [0.1, 0.15) is 5.41 Å². The van der Waals surface area contributed by atoms with E-state index in [1.54, 1.807) is 4.90 Å². The molecule has 0 radical (unpaired) electrons. The van der Waals surface area contributed by atoms with Crippen molar-refractivity contribution in [2.45, 2.75) is 33.6 Å². The Morgan fingerprint density at radius 1 is 1.12 bits per heavy atom. The van der Waals surface area contributed by atoms with Crippen LogP contribution >= 0.6 is 0 Å². The number of hydrogen-bond donors (Lipinski definition) is 0. The standard InChI is InChI=1S/C20H29N3O2/c1-4-21-11-13-22(14-12-21)18(24)20(9-10-20)19(25)23(5-2)17-8-6-7-16(3)15-17/h6-8,15H,4-5,9-14H2,1-3H3. The molecule has 0 N–H and O–H groups in total. The number of aryl methyl sites for hydroxylation is 1. The van der Waals surface area contributed by atoms with Crippen LogP contribution in [0.5, 0.6) is 0 Å². The van der Waals surface area contributed by atoms with Crippen molar-refractivity contribution in [3.8, 4) is 0 Å². The number of piperazine rings is 1. The quantitative estimate of drug-likeness (QED) is 0.771. The zero-order valence-electron chi connectivity index (χ0n) is 15.6. The largest absolute Gasteiger partial charge is 0.339 e. The van der Waals surface area contributed by atoms with Crippen molar-refractivity contribution < 1.29 is 9.59 Å². The molecule has 25 heavy (non-hydrogen) atoms. The van der Waals surface area contributed by atoms with Gasteiger partial charge >= 0.3 is 0 Å². The molecule has 136 valence electrons. The van der Waals surface area contributed by atoms with E-state index in [1.165, 1.54) is 0 Å². The van der Waals surface area contributed by atoms with E-state index in [0.29, 0.717) is 19.4 Å². The van der Waals surface area contributed by atoms with Crippen LogP contribution in [-0.4, -0.2) is 60.9 Å². The number of amides is 2. The summed E-state index contributed by atoms with van der Waals surface area (Å²) >= 11 is 0. The Kier molecular flexibility index (Phi) is 5.13. The lowest BCUT2D eigenvalue weighted by Crippen LogP contribution is -2.53. The van der Waals surface area contributed by atoms with Crippen molar-refractivity contribution in [2.24, 2.45) is 5.41 Å². The van der Waals surface area contributed by atoms with Gasteiger partial charge < -0.3 is 14.7 Å². The SMILES string of the molecule is CCN1CCN(C(=O)C2(C(=O)N(CC)c3cccc(C)c3)CC2)CC1. The van der Waals surface area contributed by atoms with E-state index in [2.05, 4.69) is 11.8 Å². The summed E-state index contributed by atoms with van der Waals surface area (Å²) in [7, 11) is 0. The van der Waals surface area contributed by atoms with Crippen LogP contribution in [0.1, 0.15) is 32.3 Å². The Labute approximate surface area is 150 Å². The van der Waals surface area contributed by atoms with Gasteiger partial charge in [-0.1, -0.05) is 19.1 Å². The summed E-state index contributed by atoms with van der Waals surface area (Å²) in [4.78, 5) is 32.4. The van der Waals surface area contributed by atoms with Crippen molar-refractivity contribution in [3.63, 3.8) is 0 Å². The third-order valence-electron chi connectivity index (χ3n) is 5.55. The molecule has 5 heteroatoms. The minimum absolute atomic E-state index is 0.0245. The number of carbonyl (C=O) groups excluding carboxylic acids is 2. The van der Waals surface area contributed by atoms with Crippen LogP contribution in [0, 0.1) is 12.3 Å². The van der Waals surface area contributed by atoms with Gasteiger partial charge in [-0.25, -0.2) is 0 Å². The second-order valence-corrected chi connectivity index (χ2v) is 7.20. The molecule has 1 aromatic carbocycles. The predicted molar refractivity (Wildman–Crippen MR) is 99.6 cm³/mol. The van der Waals surface area contributed by atoms with Gasteiger partial charge in [-0.15, -0.1) is 0 Å². The fourth-order valence-electron chi connectivity index (χ4n) is 3.71. The number of rotatable bonds is 5. The third kappa shape index (κ3) is 3.43. The fourth-order valence-corrected chi connectivity index (χ4v) is 3.71. The first-order valence-electron chi connectivity index (χ1n) is 9.42. The molecule has 2 amide bonds. The number of carbonyl (C=O) groups is 2. The van der Waals surface area contributed by atoms with Gasteiger partial charge in [0.2, 0.25) is 11.8 Å². The molecule has 0 unspecified atom stereocenters. The lowest BCUT2D eigenvalue weighted by Gasteiger charge is -2.36. The first-order valence-corrected chi connectivity index (χ1v) is 9.42. The summed E-state index contributed by atoms with van der Waals surface area (Å²) in [5.74, 6) is 0.0166. The molecule has 1 aromatic rings. The maximum absolute atomic E-state index is 13.2. The zero-order valence-corrected chi connectivity index (χ0v) is 15.6. The van der Waals surface area contributed by atoms with E-state index in [0.717, 1.165) is 44.0 Å². The highest BCUT2D eigenvalue weighted by molar-refractivity contribution is 6.14. The van der Waals surface area contributed by atoms with E-state index in [-0.39, 0.29) is 11.8 Å². The summed E-state index contributed by atoms with van der Waals surface area (Å²) in [6, 6.07) is 7.95. The highest BCUT2D eigenvalue weighted by Gasteiger charge is 2.59. The maximum atomic E-state index is 13.2. The van der Waals surface area contributed by atoms with E-state index in [9.17, 15) is 9.59 Å². The van der Waals surface area contributed by atoms with Gasteiger partial charge in [0.15, 0.2) is 0 Å². The summed E-state index contributed by atoms with van der Waals surface area (Å²) < 4.78 is 0. The highest BCUT2D eigenvalue weighted by Crippen LogP contribution is 2.49. The molecule has 1 saturated heterocycles. The number of likely N-dealkylation sites (N-methyl/N-ethyl adjacent to an activating group) is 1. The van der Waals surface area contributed by atoms with E-state index in [1.807, 2.05) is 43.0 Å². The van der Waals surface area contributed by atoms with Crippen molar-refractivity contribution in [3.05, 3.63) is 29.8 Å². The normalized spacial score (nSPS) is 19.6. The van der Waals surface area contributed by atoms with Crippen LogP contribution < -0.4 is 4.90 Å². The predicted octanol–water partition coefficient (Wildman–Crippen LogP) is 2.29. The van der Waals surface area contributed by atoms with Crippen molar-refractivity contribution in [1.29, 1.82) is 0 Å². The second-order valence-electron chi connectivity index (χ2n) is 7.20. The highest BCUT2D eigenvalue weighted by atomic mass is 16.2. The van der Waals surface area contributed by atoms with Gasteiger partial charge in [0, 0.05) is 38.4 Å². The molecule has 2 fully saturated rings. The van der Waals surface area contributed by atoms with Gasteiger partial charge in [-0.2, -0.15) is 0 Å². The molecule has 0 spiro atoms. The molecule has 3 rings (SSSR count). The average molecular weight is 343 g/mol. The van der Waals surface area contributed by atoms with Crippen LogP contribution in [0.15, 0.2) is 24.3 Å². The lowest BCUT2D eigenvalue weighted by atomic mass is 10.0. The Morgan fingerprint density at radius 2 is 1.80 bits per heavy atom. The molecule has 1 aliphatic carbocycles. The first-order chi connectivity index (χ1) is 12.0. The summed E-state index contributed by atoms with van der Waals surface area (Å²) in [6.07, 6.45) is 1.36. The monoisotopic (exact) mass is 343 g/mol. The molecule has 1 heterocycles. The minimum atomic E-state index is -0.811. The number of nitrogens with zero attached hydrogens (tertiary/aromatic N) is 3. The van der Waals surface area contributed by atoms with Crippen molar-refractivity contribution >= 4 is 17.5 Å². The van der Waals surface area contributed by atoms with Gasteiger partial charge in [0.25, 0.3) is 0 Å². The van der Waals surface area contributed by atoms with E-state index in [4.69, 9.17) is 0 Å². The number of hydrogen-bond acceptors (Lipinski definition) is 3. The summed E-state index contributed by atoms with van der Waals surface area (Å²) in [5.41, 5.74) is 1.20. The van der Waals surface area contributed by atoms with Crippen LogP contribution in [-0.2, 0) is 9.59 Å². The summed E-state index contributed by atoms with van der Waals surface area (Å²) in [5, 5.41) is 0. The second kappa shape index (κ2) is 7.16. The molecule has 0 atom stereocenters. The molecule has 5 nitrogen and oxygen atoms in total. The van der Waals surface area contributed by atoms with Gasteiger partial charge in [-0.3, -0.25) is 9.59 Å². The molecule has 0 aromatic heterocycles. The lowest BCUT2D eigenvalue weighted by molar-refractivity contribution is -0.144. The third-order valence-corrected chi connectivity index (χ3v) is 5.55. The van der Waals surface area contributed by atoms with Crippen molar-refractivity contribution in [2.75, 3.05) is 44.2 Å². The first kappa shape index (κ1) is 17.9.